The number of piperidine rings is 1. The van der Waals surface area contributed by atoms with E-state index in [4.69, 9.17) is 17.2 Å². The number of pyridine rings is 1. The summed E-state index contributed by atoms with van der Waals surface area (Å²) in [5.74, 6) is 1.22. The first kappa shape index (κ1) is 22.0. The van der Waals surface area contributed by atoms with Crippen LogP contribution in [0.25, 0.3) is 11.7 Å². The van der Waals surface area contributed by atoms with E-state index in [0.717, 1.165) is 45.2 Å². The van der Waals surface area contributed by atoms with Crippen LogP contribution in [-0.2, 0) is 4.79 Å². The number of aromatic nitrogens is 2. The molecule has 1 amide bonds. The molecule has 0 bridgehead atoms. The van der Waals surface area contributed by atoms with Gasteiger partial charge in [0.1, 0.15) is 15.8 Å². The third kappa shape index (κ3) is 4.55. The van der Waals surface area contributed by atoms with Gasteiger partial charge in [-0.3, -0.25) is 18.9 Å². The Morgan fingerprint density at radius 3 is 2.74 bits per heavy atom. The maximum Gasteiger partial charge on any atom is 0.267 e. The molecule has 2 fully saturated rings. The number of amides is 1. The van der Waals surface area contributed by atoms with Crippen molar-refractivity contribution in [3.63, 3.8) is 0 Å². The van der Waals surface area contributed by atoms with E-state index in [1.165, 1.54) is 11.8 Å². The first-order valence-corrected chi connectivity index (χ1v) is 12.2. The molecule has 4 heterocycles. The number of thiocarbonyl (C=S) groups is 1. The Labute approximate surface area is 192 Å². The zero-order chi connectivity index (χ0) is 22.0. The molecule has 8 heteroatoms. The molecule has 0 atom stereocenters. The van der Waals surface area contributed by atoms with Crippen LogP contribution < -0.4 is 10.5 Å². The second-order valence-corrected chi connectivity index (χ2v) is 9.97. The molecule has 4 rings (SSSR count). The summed E-state index contributed by atoms with van der Waals surface area (Å²) in [6, 6.07) is 5.54. The zero-order valence-corrected chi connectivity index (χ0v) is 19.7. The number of nitrogens with zero attached hydrogens (tertiary/aromatic N) is 4. The van der Waals surface area contributed by atoms with Gasteiger partial charge in [0, 0.05) is 25.8 Å². The summed E-state index contributed by atoms with van der Waals surface area (Å²) in [7, 11) is 0. The normalized spacial score (nSPS) is 19.2. The summed E-state index contributed by atoms with van der Waals surface area (Å²) in [4.78, 5) is 35.6. The number of hydrogen-bond acceptors (Lipinski definition) is 6. The number of anilines is 1. The highest BCUT2D eigenvalue weighted by Gasteiger charge is 2.32. The van der Waals surface area contributed by atoms with E-state index in [1.807, 2.05) is 18.2 Å². The van der Waals surface area contributed by atoms with Gasteiger partial charge in [-0.1, -0.05) is 56.7 Å². The SMILES string of the molecule is CCCCCN1C(=O)/C(=C\c2c(N3CCC(C)CC3)nc3ccccn3c2=O)SC1=S. The topological polar surface area (TPSA) is 57.9 Å². The summed E-state index contributed by atoms with van der Waals surface area (Å²) >= 11 is 6.74. The van der Waals surface area contributed by atoms with Crippen molar-refractivity contribution < 1.29 is 4.79 Å². The second-order valence-electron chi connectivity index (χ2n) is 8.29. The van der Waals surface area contributed by atoms with Crippen molar-refractivity contribution in [2.24, 2.45) is 5.92 Å². The highest BCUT2D eigenvalue weighted by atomic mass is 32.2. The molecule has 2 aliphatic heterocycles. The maximum atomic E-state index is 13.4. The largest absolute Gasteiger partial charge is 0.356 e. The molecule has 0 aliphatic carbocycles. The van der Waals surface area contributed by atoms with Crippen LogP contribution in [0.1, 0.15) is 51.5 Å². The third-order valence-corrected chi connectivity index (χ3v) is 7.34. The average Bonchev–Trinajstić information content (AvgIpc) is 3.04. The molecule has 2 aromatic heterocycles. The Hall–Kier alpha value is -2.19. The van der Waals surface area contributed by atoms with Gasteiger partial charge >= 0.3 is 0 Å². The standard InChI is InChI=1S/C23H28N4O2S2/c1-3-4-6-12-27-22(29)18(31-23(27)30)15-17-20(25-13-9-16(2)10-14-25)24-19-8-5-7-11-26(19)21(17)28/h5,7-8,11,15-16H,3-4,6,9-10,12-14H2,1-2H3/b18-15+. The molecule has 0 N–H and O–H groups in total. The van der Waals surface area contributed by atoms with Crippen molar-refractivity contribution >= 4 is 51.7 Å². The van der Waals surface area contributed by atoms with Crippen LogP contribution >= 0.6 is 24.0 Å². The van der Waals surface area contributed by atoms with Crippen molar-refractivity contribution in [3.05, 3.63) is 45.2 Å². The molecule has 2 saturated heterocycles. The molecule has 0 saturated carbocycles. The Balaban J connectivity index is 1.75. The van der Waals surface area contributed by atoms with E-state index in [9.17, 15) is 9.59 Å². The Morgan fingerprint density at radius 1 is 1.23 bits per heavy atom. The molecule has 0 spiro atoms. The minimum Gasteiger partial charge on any atom is -0.356 e. The van der Waals surface area contributed by atoms with E-state index in [-0.39, 0.29) is 11.5 Å². The number of thioether (sulfide) groups is 1. The van der Waals surface area contributed by atoms with Gasteiger partial charge in [-0.15, -0.1) is 0 Å². The predicted molar refractivity (Wildman–Crippen MR) is 131 cm³/mol. The minimum absolute atomic E-state index is 0.109. The van der Waals surface area contributed by atoms with Crippen LogP contribution in [0.4, 0.5) is 5.82 Å². The van der Waals surface area contributed by atoms with Crippen molar-refractivity contribution in [2.45, 2.75) is 46.0 Å². The number of unbranched alkanes of at least 4 members (excludes halogenated alkanes) is 2. The first-order valence-electron chi connectivity index (χ1n) is 11.0. The van der Waals surface area contributed by atoms with Gasteiger partial charge in [-0.25, -0.2) is 4.98 Å². The van der Waals surface area contributed by atoms with E-state index < -0.39 is 0 Å². The van der Waals surface area contributed by atoms with Crippen molar-refractivity contribution in [2.75, 3.05) is 24.5 Å². The quantitative estimate of drug-likeness (QED) is 0.367. The van der Waals surface area contributed by atoms with Crippen LogP contribution in [0.15, 0.2) is 34.1 Å². The highest BCUT2D eigenvalue weighted by Crippen LogP contribution is 2.34. The Morgan fingerprint density at radius 2 is 2.00 bits per heavy atom. The number of hydrogen-bond donors (Lipinski definition) is 0. The van der Waals surface area contributed by atoms with Crippen LogP contribution in [0, 0.1) is 5.92 Å². The van der Waals surface area contributed by atoms with Crippen molar-refractivity contribution in [1.82, 2.24) is 14.3 Å². The molecule has 2 aromatic rings. The molecule has 164 valence electrons. The smallest absolute Gasteiger partial charge is 0.267 e. The third-order valence-electron chi connectivity index (χ3n) is 5.97. The van der Waals surface area contributed by atoms with E-state index in [1.54, 1.807) is 21.6 Å². The van der Waals surface area contributed by atoms with Gasteiger partial charge < -0.3 is 4.90 Å². The van der Waals surface area contributed by atoms with Gasteiger partial charge in [0.25, 0.3) is 11.5 Å². The van der Waals surface area contributed by atoms with Crippen LogP contribution in [0.2, 0.25) is 0 Å². The summed E-state index contributed by atoms with van der Waals surface area (Å²) in [5, 5.41) is 0. The maximum absolute atomic E-state index is 13.4. The van der Waals surface area contributed by atoms with Gasteiger partial charge in [0.05, 0.1) is 10.5 Å². The van der Waals surface area contributed by atoms with Crippen LogP contribution in [-0.4, -0.2) is 44.1 Å². The molecule has 2 aliphatic rings. The van der Waals surface area contributed by atoms with Crippen molar-refractivity contribution in [1.29, 1.82) is 0 Å². The van der Waals surface area contributed by atoms with Crippen LogP contribution in [0.3, 0.4) is 0 Å². The summed E-state index contributed by atoms with van der Waals surface area (Å²) in [6.45, 7) is 6.73. The lowest BCUT2D eigenvalue weighted by atomic mass is 9.99. The van der Waals surface area contributed by atoms with Gasteiger partial charge in [0.15, 0.2) is 0 Å². The molecule has 0 unspecified atom stereocenters. The molecule has 0 aromatic carbocycles. The lowest BCUT2D eigenvalue weighted by Gasteiger charge is -2.32. The zero-order valence-electron chi connectivity index (χ0n) is 18.0. The van der Waals surface area contributed by atoms with E-state index in [0.29, 0.717) is 38.7 Å². The number of carbonyl (C=O) groups is 1. The number of fused-ring (bicyclic) bond motifs is 1. The lowest BCUT2D eigenvalue weighted by Crippen LogP contribution is -2.36. The predicted octanol–water partition coefficient (Wildman–Crippen LogP) is 4.32. The van der Waals surface area contributed by atoms with Gasteiger partial charge in [0.2, 0.25) is 0 Å². The van der Waals surface area contributed by atoms with Gasteiger partial charge in [-0.05, 0) is 43.4 Å². The molecular weight excluding hydrogens is 428 g/mol. The molecular formula is C23H28N4O2S2. The lowest BCUT2D eigenvalue weighted by molar-refractivity contribution is -0.122. The summed E-state index contributed by atoms with van der Waals surface area (Å²) < 4.78 is 2.11. The van der Waals surface area contributed by atoms with Gasteiger partial charge in [-0.2, -0.15) is 0 Å². The Kier molecular flexibility index (Phi) is 6.77. The minimum atomic E-state index is -0.157. The number of rotatable bonds is 6. The molecule has 6 nitrogen and oxygen atoms in total. The first-order chi connectivity index (χ1) is 15.0. The summed E-state index contributed by atoms with van der Waals surface area (Å²) in [6.07, 6.45) is 8.63. The molecule has 31 heavy (non-hydrogen) atoms. The van der Waals surface area contributed by atoms with E-state index in [2.05, 4.69) is 18.7 Å². The summed E-state index contributed by atoms with van der Waals surface area (Å²) in [5.41, 5.74) is 0.924. The Bertz CT molecular complexity index is 1090. The monoisotopic (exact) mass is 456 g/mol. The fraction of sp³-hybridized carbons (Fsp3) is 0.478. The van der Waals surface area contributed by atoms with E-state index >= 15 is 0 Å². The highest BCUT2D eigenvalue weighted by molar-refractivity contribution is 8.26. The fourth-order valence-corrected chi connectivity index (χ4v) is 5.31. The van der Waals surface area contributed by atoms with Crippen molar-refractivity contribution in [3.8, 4) is 0 Å². The average molecular weight is 457 g/mol. The fourth-order valence-electron chi connectivity index (χ4n) is 4.02. The van der Waals surface area contributed by atoms with Crippen LogP contribution in [0.5, 0.6) is 0 Å². The number of carbonyl (C=O) groups excluding carboxylic acids is 1. The molecule has 0 radical (unpaired) electrons. The second kappa shape index (κ2) is 9.53.